The van der Waals surface area contributed by atoms with Gasteiger partial charge in [-0.15, -0.1) is 11.3 Å². The summed E-state index contributed by atoms with van der Waals surface area (Å²) in [5.41, 5.74) is 0. The van der Waals surface area contributed by atoms with E-state index >= 15 is 0 Å². The van der Waals surface area contributed by atoms with E-state index in [9.17, 15) is 9.59 Å². The van der Waals surface area contributed by atoms with Crippen LogP contribution < -0.4 is 5.32 Å². The van der Waals surface area contributed by atoms with Crippen LogP contribution >= 0.6 is 22.9 Å². The number of hydrogen-bond acceptors (Lipinski definition) is 3. The van der Waals surface area contributed by atoms with E-state index in [0.717, 1.165) is 12.8 Å². The minimum Gasteiger partial charge on any atom is -0.346 e. The Morgan fingerprint density at radius 3 is 2.83 bits per heavy atom. The van der Waals surface area contributed by atoms with Gasteiger partial charge in [0.05, 0.1) is 15.3 Å². The monoisotopic (exact) mass is 284 g/mol. The van der Waals surface area contributed by atoms with E-state index in [1.807, 2.05) is 4.90 Å². The maximum atomic E-state index is 11.9. The predicted molar refractivity (Wildman–Crippen MR) is 69.9 cm³/mol. The number of rotatable bonds is 3. The number of thiophene rings is 1. The molecule has 2 aliphatic rings. The van der Waals surface area contributed by atoms with Gasteiger partial charge in [0, 0.05) is 19.0 Å². The van der Waals surface area contributed by atoms with Crippen LogP contribution in [0.3, 0.4) is 0 Å². The lowest BCUT2D eigenvalue weighted by molar-refractivity contribution is -0.128. The van der Waals surface area contributed by atoms with Crippen molar-refractivity contribution in [2.45, 2.75) is 31.3 Å². The largest absolute Gasteiger partial charge is 0.346 e. The second-order valence-electron chi connectivity index (χ2n) is 4.76. The van der Waals surface area contributed by atoms with E-state index in [1.54, 1.807) is 12.1 Å². The number of amides is 2. The molecule has 0 radical (unpaired) electrons. The summed E-state index contributed by atoms with van der Waals surface area (Å²) >= 11 is 7.05. The molecule has 1 atom stereocenters. The van der Waals surface area contributed by atoms with Crippen LogP contribution in [0.2, 0.25) is 4.34 Å². The van der Waals surface area contributed by atoms with Crippen LogP contribution in [0, 0.1) is 0 Å². The van der Waals surface area contributed by atoms with E-state index in [0.29, 0.717) is 28.2 Å². The van der Waals surface area contributed by atoms with Crippen molar-refractivity contribution in [3.05, 3.63) is 21.3 Å². The fraction of sp³-hybridized carbons (Fsp3) is 0.500. The molecule has 96 valence electrons. The molecule has 0 spiro atoms. The molecular formula is C12H13ClN2O2S. The summed E-state index contributed by atoms with van der Waals surface area (Å²) in [5.74, 6) is 0.0226. The van der Waals surface area contributed by atoms with Crippen molar-refractivity contribution in [3.63, 3.8) is 0 Å². The van der Waals surface area contributed by atoms with Gasteiger partial charge in [-0.2, -0.15) is 0 Å². The van der Waals surface area contributed by atoms with Crippen LogP contribution in [-0.4, -0.2) is 35.3 Å². The first-order chi connectivity index (χ1) is 8.63. The average Bonchev–Trinajstić information content (AvgIpc) is 2.97. The molecule has 1 aliphatic heterocycles. The number of carbonyl (C=O) groups excluding carboxylic acids is 2. The SMILES string of the molecule is O=C(N[C@H]1CC(=O)N(C2CC2)C1)c1ccc(Cl)s1. The molecule has 0 bridgehead atoms. The Morgan fingerprint density at radius 2 is 2.22 bits per heavy atom. The lowest BCUT2D eigenvalue weighted by Gasteiger charge is -2.15. The third-order valence-corrected chi connectivity index (χ3v) is 4.51. The maximum Gasteiger partial charge on any atom is 0.261 e. The smallest absolute Gasteiger partial charge is 0.261 e. The van der Waals surface area contributed by atoms with Crippen LogP contribution in [0.1, 0.15) is 28.9 Å². The van der Waals surface area contributed by atoms with Crippen LogP contribution in [-0.2, 0) is 4.79 Å². The van der Waals surface area contributed by atoms with Crippen molar-refractivity contribution >= 4 is 34.8 Å². The molecule has 6 heteroatoms. The van der Waals surface area contributed by atoms with Gasteiger partial charge in [-0.3, -0.25) is 9.59 Å². The zero-order chi connectivity index (χ0) is 12.7. The zero-order valence-electron chi connectivity index (χ0n) is 9.69. The van der Waals surface area contributed by atoms with Gasteiger partial charge in [0.1, 0.15) is 0 Å². The van der Waals surface area contributed by atoms with Gasteiger partial charge in [-0.25, -0.2) is 0 Å². The Balaban J connectivity index is 1.60. The second kappa shape index (κ2) is 4.55. The average molecular weight is 285 g/mol. The third kappa shape index (κ3) is 2.37. The summed E-state index contributed by atoms with van der Waals surface area (Å²) in [6, 6.07) is 3.77. The molecule has 4 nitrogen and oxygen atoms in total. The molecule has 3 rings (SSSR count). The number of likely N-dealkylation sites (tertiary alicyclic amines) is 1. The van der Waals surface area contributed by atoms with Gasteiger partial charge >= 0.3 is 0 Å². The van der Waals surface area contributed by atoms with Gasteiger partial charge in [0.25, 0.3) is 5.91 Å². The molecule has 0 unspecified atom stereocenters. The second-order valence-corrected chi connectivity index (χ2v) is 6.47. The third-order valence-electron chi connectivity index (χ3n) is 3.28. The molecule has 2 amide bonds. The molecule has 2 fully saturated rings. The van der Waals surface area contributed by atoms with E-state index in [4.69, 9.17) is 11.6 Å². The number of nitrogens with one attached hydrogen (secondary N) is 1. The van der Waals surface area contributed by atoms with Gasteiger partial charge in [-0.1, -0.05) is 11.6 Å². The summed E-state index contributed by atoms with van der Waals surface area (Å²) in [5, 5.41) is 2.90. The first kappa shape index (κ1) is 12.0. The minimum absolute atomic E-state index is 0.0634. The molecule has 1 aromatic rings. The van der Waals surface area contributed by atoms with Crippen molar-refractivity contribution in [2.75, 3.05) is 6.54 Å². The fourth-order valence-electron chi connectivity index (χ4n) is 2.26. The number of carbonyl (C=O) groups is 2. The summed E-state index contributed by atoms with van der Waals surface area (Å²) in [4.78, 5) is 26.2. The molecular weight excluding hydrogens is 272 g/mol. The predicted octanol–water partition coefficient (Wildman–Crippen LogP) is 1.89. The minimum atomic E-state index is -0.137. The summed E-state index contributed by atoms with van der Waals surface area (Å²) in [6.45, 7) is 0.647. The fourth-order valence-corrected chi connectivity index (χ4v) is 3.21. The Labute approximate surface area is 114 Å². The number of hydrogen-bond donors (Lipinski definition) is 1. The van der Waals surface area contributed by atoms with Crippen molar-refractivity contribution in [3.8, 4) is 0 Å². The first-order valence-corrected chi connectivity index (χ1v) is 7.18. The molecule has 1 N–H and O–H groups in total. The number of halogens is 1. The molecule has 1 saturated carbocycles. The molecule has 18 heavy (non-hydrogen) atoms. The maximum absolute atomic E-state index is 11.9. The molecule has 0 aromatic carbocycles. The topological polar surface area (TPSA) is 49.4 Å². The highest BCUT2D eigenvalue weighted by molar-refractivity contribution is 7.17. The van der Waals surface area contributed by atoms with Gasteiger partial charge in [-0.05, 0) is 25.0 Å². The quantitative estimate of drug-likeness (QED) is 0.921. The van der Waals surface area contributed by atoms with Crippen molar-refractivity contribution in [1.82, 2.24) is 10.2 Å². The lowest BCUT2D eigenvalue weighted by atomic mass is 10.2. The Bertz CT molecular complexity index is 498. The summed E-state index contributed by atoms with van der Waals surface area (Å²) in [7, 11) is 0. The van der Waals surface area contributed by atoms with Crippen LogP contribution in [0.5, 0.6) is 0 Å². The number of nitrogens with zero attached hydrogens (tertiary/aromatic N) is 1. The van der Waals surface area contributed by atoms with E-state index in [1.165, 1.54) is 11.3 Å². The standard InChI is InChI=1S/C12H13ClN2O2S/c13-10-4-3-9(18-10)12(17)14-7-5-11(16)15(6-7)8-1-2-8/h3-4,7-8H,1-2,5-6H2,(H,14,17)/t7-/m0/s1. The molecule has 1 aromatic heterocycles. The first-order valence-electron chi connectivity index (χ1n) is 5.99. The normalized spacial score (nSPS) is 23.5. The zero-order valence-corrected chi connectivity index (χ0v) is 11.3. The molecule has 2 heterocycles. The van der Waals surface area contributed by atoms with Gasteiger partial charge < -0.3 is 10.2 Å². The van der Waals surface area contributed by atoms with Crippen LogP contribution in [0.15, 0.2) is 12.1 Å². The molecule has 1 saturated heterocycles. The highest BCUT2D eigenvalue weighted by Gasteiger charge is 2.39. The summed E-state index contributed by atoms with van der Waals surface area (Å²) in [6.07, 6.45) is 2.63. The Kier molecular flexibility index (Phi) is 3.03. The van der Waals surface area contributed by atoms with Crippen LogP contribution in [0.25, 0.3) is 0 Å². The van der Waals surface area contributed by atoms with E-state index in [2.05, 4.69) is 5.32 Å². The highest BCUT2D eigenvalue weighted by atomic mass is 35.5. The summed E-state index contributed by atoms with van der Waals surface area (Å²) < 4.78 is 0.599. The van der Waals surface area contributed by atoms with Crippen molar-refractivity contribution < 1.29 is 9.59 Å². The lowest BCUT2D eigenvalue weighted by Crippen LogP contribution is -2.37. The highest BCUT2D eigenvalue weighted by Crippen LogP contribution is 2.30. The van der Waals surface area contributed by atoms with Gasteiger partial charge in [0.15, 0.2) is 0 Å². The van der Waals surface area contributed by atoms with Crippen LogP contribution in [0.4, 0.5) is 0 Å². The van der Waals surface area contributed by atoms with Gasteiger partial charge in [0.2, 0.25) is 5.91 Å². The molecule has 1 aliphatic carbocycles. The van der Waals surface area contributed by atoms with E-state index < -0.39 is 0 Å². The Hall–Kier alpha value is -1.07. The van der Waals surface area contributed by atoms with Crippen molar-refractivity contribution in [2.24, 2.45) is 0 Å². The Morgan fingerprint density at radius 1 is 1.44 bits per heavy atom. The van der Waals surface area contributed by atoms with E-state index in [-0.39, 0.29) is 17.9 Å². The van der Waals surface area contributed by atoms with Crippen molar-refractivity contribution in [1.29, 1.82) is 0 Å².